The molecule has 0 aliphatic carbocycles. The van der Waals surface area contributed by atoms with Gasteiger partial charge in [0.25, 0.3) is 0 Å². The van der Waals surface area contributed by atoms with E-state index in [9.17, 15) is 9.59 Å². The average Bonchev–Trinajstić information content (AvgIpc) is 2.94. The number of rotatable bonds is 4. The Labute approximate surface area is 128 Å². The predicted octanol–water partition coefficient (Wildman–Crippen LogP) is -0.116. The third kappa shape index (κ3) is 4.17. The molecule has 0 aromatic carbocycles. The molecule has 2 amide bonds. The molecule has 1 fully saturated rings. The first-order chi connectivity index (χ1) is 10.5. The fraction of sp³-hybridized carbons (Fsp3) is 0.692. The summed E-state index contributed by atoms with van der Waals surface area (Å²) < 4.78 is 11.6. The summed E-state index contributed by atoms with van der Waals surface area (Å²) in [5, 5.41) is 10.3. The molecule has 122 valence electrons. The first-order valence-corrected chi connectivity index (χ1v) is 7.16. The molecule has 1 aliphatic heterocycles. The maximum atomic E-state index is 12.1. The van der Waals surface area contributed by atoms with E-state index in [1.165, 1.54) is 18.0 Å². The maximum absolute atomic E-state index is 12.1. The normalized spacial score (nSPS) is 21.5. The molecule has 1 aromatic heterocycles. The molecule has 1 saturated heterocycles. The fourth-order valence-corrected chi connectivity index (χ4v) is 2.34. The van der Waals surface area contributed by atoms with Crippen molar-refractivity contribution in [2.45, 2.75) is 32.6 Å². The largest absolute Gasteiger partial charge is 0.464 e. The smallest absolute Gasteiger partial charge is 0.360 e. The number of carbonyl (C=O) groups excluding carboxylic acids is 2. The van der Waals surface area contributed by atoms with E-state index in [2.05, 4.69) is 20.4 Å². The second-order valence-corrected chi connectivity index (χ2v) is 5.25. The second kappa shape index (κ2) is 7.21. The van der Waals surface area contributed by atoms with Crippen molar-refractivity contribution in [1.29, 1.82) is 0 Å². The van der Waals surface area contributed by atoms with E-state index in [-0.39, 0.29) is 23.9 Å². The van der Waals surface area contributed by atoms with Crippen LogP contribution in [0.3, 0.4) is 0 Å². The van der Waals surface area contributed by atoms with Crippen LogP contribution in [-0.2, 0) is 16.0 Å². The van der Waals surface area contributed by atoms with Gasteiger partial charge in [-0.15, -0.1) is 5.10 Å². The zero-order valence-corrected chi connectivity index (χ0v) is 13.0. The van der Waals surface area contributed by atoms with Crippen molar-refractivity contribution in [2.24, 2.45) is 0 Å². The first-order valence-electron chi connectivity index (χ1n) is 7.16. The van der Waals surface area contributed by atoms with Crippen LogP contribution in [0.1, 0.15) is 24.3 Å². The molecule has 22 heavy (non-hydrogen) atoms. The van der Waals surface area contributed by atoms with Crippen LogP contribution in [0.4, 0.5) is 4.79 Å². The maximum Gasteiger partial charge on any atom is 0.360 e. The summed E-state index contributed by atoms with van der Waals surface area (Å²) in [6.45, 7) is 5.85. The summed E-state index contributed by atoms with van der Waals surface area (Å²) in [6, 6.07) is -0.129. The highest BCUT2D eigenvalue weighted by Gasteiger charge is 2.25. The van der Waals surface area contributed by atoms with Gasteiger partial charge in [0.1, 0.15) is 0 Å². The molecule has 2 rings (SSSR count). The SMILES string of the molecule is COC(=O)c1cn(CCNC(=O)N2C[C@@H](C)O[C@@H](C)C2)nn1. The molecule has 0 spiro atoms. The number of aromatic nitrogens is 3. The third-order valence-electron chi connectivity index (χ3n) is 3.26. The van der Waals surface area contributed by atoms with Crippen LogP contribution in [0.2, 0.25) is 0 Å². The summed E-state index contributed by atoms with van der Waals surface area (Å²) in [6.07, 6.45) is 1.55. The van der Waals surface area contributed by atoms with Crippen molar-refractivity contribution in [3.63, 3.8) is 0 Å². The van der Waals surface area contributed by atoms with E-state index in [1.54, 1.807) is 4.90 Å². The zero-order chi connectivity index (χ0) is 16.1. The van der Waals surface area contributed by atoms with Crippen molar-refractivity contribution >= 4 is 12.0 Å². The predicted molar refractivity (Wildman–Crippen MR) is 76.3 cm³/mol. The van der Waals surface area contributed by atoms with Gasteiger partial charge in [0.05, 0.1) is 32.1 Å². The lowest BCUT2D eigenvalue weighted by Gasteiger charge is -2.35. The van der Waals surface area contributed by atoms with Gasteiger partial charge in [-0.05, 0) is 13.8 Å². The van der Waals surface area contributed by atoms with Gasteiger partial charge >= 0.3 is 12.0 Å². The molecule has 9 heteroatoms. The molecule has 1 aliphatic rings. The molecule has 0 saturated carbocycles. The fourth-order valence-electron chi connectivity index (χ4n) is 2.34. The molecule has 0 radical (unpaired) electrons. The molecule has 0 unspecified atom stereocenters. The van der Waals surface area contributed by atoms with Crippen molar-refractivity contribution in [3.8, 4) is 0 Å². The van der Waals surface area contributed by atoms with Crippen LogP contribution in [0, 0.1) is 0 Å². The van der Waals surface area contributed by atoms with Gasteiger partial charge in [0.2, 0.25) is 0 Å². The number of nitrogens with zero attached hydrogens (tertiary/aromatic N) is 4. The van der Waals surface area contributed by atoms with E-state index < -0.39 is 5.97 Å². The van der Waals surface area contributed by atoms with E-state index >= 15 is 0 Å². The van der Waals surface area contributed by atoms with Crippen LogP contribution < -0.4 is 5.32 Å². The highest BCUT2D eigenvalue weighted by molar-refractivity contribution is 5.86. The summed E-state index contributed by atoms with van der Waals surface area (Å²) in [4.78, 5) is 25.1. The second-order valence-electron chi connectivity index (χ2n) is 5.25. The number of nitrogens with one attached hydrogen (secondary N) is 1. The van der Waals surface area contributed by atoms with Gasteiger partial charge in [-0.2, -0.15) is 0 Å². The Kier molecular flexibility index (Phi) is 5.31. The molecule has 2 atom stereocenters. The standard InChI is InChI=1S/C13H21N5O4/c1-9-6-17(7-10(2)22-9)13(20)14-4-5-18-8-11(15-16-18)12(19)21-3/h8-10H,4-7H2,1-3H3,(H,14,20)/t9-,10+. The minimum Gasteiger partial charge on any atom is -0.464 e. The Bertz CT molecular complexity index is 522. The Balaban J connectivity index is 1.77. The lowest BCUT2D eigenvalue weighted by atomic mass is 10.2. The number of esters is 1. The van der Waals surface area contributed by atoms with Crippen molar-refractivity contribution < 1.29 is 19.1 Å². The Morgan fingerprint density at radius 1 is 1.41 bits per heavy atom. The summed E-state index contributed by atoms with van der Waals surface area (Å²) in [5.41, 5.74) is 0.143. The van der Waals surface area contributed by atoms with Gasteiger partial charge < -0.3 is 19.7 Å². The average molecular weight is 311 g/mol. The minimum absolute atomic E-state index is 0.0347. The number of urea groups is 1. The summed E-state index contributed by atoms with van der Waals surface area (Å²) in [7, 11) is 1.28. The van der Waals surface area contributed by atoms with Crippen molar-refractivity contribution in [1.82, 2.24) is 25.2 Å². The number of carbonyl (C=O) groups is 2. The lowest BCUT2D eigenvalue weighted by Crippen LogP contribution is -2.52. The first kappa shape index (κ1) is 16.2. The number of amides is 2. The summed E-state index contributed by atoms with van der Waals surface area (Å²) >= 11 is 0. The zero-order valence-electron chi connectivity index (χ0n) is 13.0. The van der Waals surface area contributed by atoms with Crippen molar-refractivity contribution in [2.75, 3.05) is 26.7 Å². The van der Waals surface area contributed by atoms with Crippen LogP contribution >= 0.6 is 0 Å². The Hall–Kier alpha value is -2.16. The van der Waals surface area contributed by atoms with Crippen LogP contribution in [0.5, 0.6) is 0 Å². The quantitative estimate of drug-likeness (QED) is 0.779. The molecular weight excluding hydrogens is 290 g/mol. The highest BCUT2D eigenvalue weighted by atomic mass is 16.5. The highest BCUT2D eigenvalue weighted by Crippen LogP contribution is 2.10. The minimum atomic E-state index is -0.536. The van der Waals surface area contributed by atoms with E-state index in [1.807, 2.05) is 13.8 Å². The topological polar surface area (TPSA) is 98.6 Å². The van der Waals surface area contributed by atoms with E-state index in [0.29, 0.717) is 26.2 Å². The number of morpholine rings is 1. The Morgan fingerprint density at radius 2 is 2.09 bits per heavy atom. The van der Waals surface area contributed by atoms with Crippen LogP contribution in [0.15, 0.2) is 6.20 Å². The van der Waals surface area contributed by atoms with E-state index in [0.717, 1.165) is 0 Å². The molecule has 1 N–H and O–H groups in total. The van der Waals surface area contributed by atoms with Gasteiger partial charge in [0.15, 0.2) is 5.69 Å². The van der Waals surface area contributed by atoms with Crippen LogP contribution in [0.25, 0.3) is 0 Å². The van der Waals surface area contributed by atoms with Gasteiger partial charge in [-0.25, -0.2) is 14.3 Å². The number of hydrogen-bond donors (Lipinski definition) is 1. The third-order valence-corrected chi connectivity index (χ3v) is 3.26. The number of hydrogen-bond acceptors (Lipinski definition) is 6. The van der Waals surface area contributed by atoms with Gasteiger partial charge in [-0.3, -0.25) is 0 Å². The number of ether oxygens (including phenoxy) is 2. The summed E-state index contributed by atoms with van der Waals surface area (Å²) in [5.74, 6) is -0.536. The van der Waals surface area contributed by atoms with Gasteiger partial charge in [0, 0.05) is 19.6 Å². The molecular formula is C13H21N5O4. The number of methoxy groups -OCH3 is 1. The molecule has 0 bridgehead atoms. The molecule has 9 nitrogen and oxygen atoms in total. The van der Waals surface area contributed by atoms with E-state index in [4.69, 9.17) is 4.74 Å². The van der Waals surface area contributed by atoms with Gasteiger partial charge in [-0.1, -0.05) is 5.21 Å². The van der Waals surface area contributed by atoms with Crippen molar-refractivity contribution in [3.05, 3.63) is 11.9 Å². The lowest BCUT2D eigenvalue weighted by molar-refractivity contribution is -0.0545. The molecule has 1 aromatic rings. The monoisotopic (exact) mass is 311 g/mol. The van der Waals surface area contributed by atoms with Crippen LogP contribution in [-0.4, -0.2) is 70.8 Å². The Morgan fingerprint density at radius 3 is 2.73 bits per heavy atom. The molecule has 2 heterocycles.